The average molecular weight is 356 g/mol. The van der Waals surface area contributed by atoms with E-state index in [1.807, 2.05) is 0 Å². The molecule has 0 aliphatic carbocycles. The molecular formula is C17H19F3N2O3. The first-order chi connectivity index (χ1) is 11.9. The summed E-state index contributed by atoms with van der Waals surface area (Å²) in [4.78, 5) is 23.9. The van der Waals surface area contributed by atoms with E-state index in [2.05, 4.69) is 10.6 Å². The molecule has 2 N–H and O–H groups in total. The van der Waals surface area contributed by atoms with E-state index in [4.69, 9.17) is 4.74 Å². The summed E-state index contributed by atoms with van der Waals surface area (Å²) >= 11 is 0. The van der Waals surface area contributed by atoms with E-state index in [1.165, 1.54) is 0 Å². The Morgan fingerprint density at radius 2 is 1.96 bits per heavy atom. The highest BCUT2D eigenvalue weighted by Gasteiger charge is 2.37. The summed E-state index contributed by atoms with van der Waals surface area (Å²) in [6.07, 6.45) is 1.81. The van der Waals surface area contributed by atoms with Gasteiger partial charge in [0.25, 0.3) is 0 Å². The molecule has 0 radical (unpaired) electrons. The molecule has 0 bridgehead atoms. The van der Waals surface area contributed by atoms with E-state index in [1.54, 1.807) is 0 Å². The van der Waals surface area contributed by atoms with Gasteiger partial charge >= 0.3 is 0 Å². The minimum absolute atomic E-state index is 0.0994. The second kappa shape index (κ2) is 7.43. The summed E-state index contributed by atoms with van der Waals surface area (Å²) in [7, 11) is 0. The third-order valence-corrected chi connectivity index (χ3v) is 4.60. The number of rotatable bonds is 4. The zero-order valence-electron chi connectivity index (χ0n) is 13.5. The number of halogens is 3. The van der Waals surface area contributed by atoms with Crippen LogP contribution in [0.4, 0.5) is 13.2 Å². The molecule has 1 aromatic rings. The molecule has 1 aromatic carbocycles. The Kier molecular flexibility index (Phi) is 5.27. The summed E-state index contributed by atoms with van der Waals surface area (Å²) in [5.41, 5.74) is -0.218. The largest absolute Gasteiger partial charge is 0.376 e. The van der Waals surface area contributed by atoms with Gasteiger partial charge in [0.05, 0.1) is 24.6 Å². The normalized spacial score (nSPS) is 26.4. The summed E-state index contributed by atoms with van der Waals surface area (Å²) in [6, 6.07) is 0.419. The predicted octanol–water partition coefficient (Wildman–Crippen LogP) is 1.59. The Bertz CT molecular complexity index is 677. The van der Waals surface area contributed by atoms with Crippen LogP contribution in [0, 0.1) is 17.5 Å². The quantitative estimate of drug-likeness (QED) is 0.805. The van der Waals surface area contributed by atoms with Crippen molar-refractivity contribution in [3.05, 3.63) is 35.1 Å². The van der Waals surface area contributed by atoms with Gasteiger partial charge in [-0.3, -0.25) is 9.59 Å². The number of hydrogen-bond donors (Lipinski definition) is 2. The Balaban J connectivity index is 1.66. The molecule has 2 aliphatic rings. The van der Waals surface area contributed by atoms with Crippen molar-refractivity contribution in [3.63, 3.8) is 0 Å². The number of ether oxygens (including phenoxy) is 1. The van der Waals surface area contributed by atoms with Gasteiger partial charge in [0.1, 0.15) is 5.82 Å². The van der Waals surface area contributed by atoms with Crippen LogP contribution < -0.4 is 10.6 Å². The van der Waals surface area contributed by atoms with Crippen molar-refractivity contribution in [2.45, 2.75) is 50.3 Å². The zero-order valence-corrected chi connectivity index (χ0v) is 13.5. The van der Waals surface area contributed by atoms with E-state index >= 15 is 0 Å². The Hall–Kier alpha value is -2.09. The molecule has 136 valence electrons. The number of carbonyl (C=O) groups is 2. The molecule has 0 aromatic heterocycles. The number of benzene rings is 1. The maximum absolute atomic E-state index is 13.7. The fourth-order valence-corrected chi connectivity index (χ4v) is 3.35. The predicted molar refractivity (Wildman–Crippen MR) is 82.1 cm³/mol. The summed E-state index contributed by atoms with van der Waals surface area (Å²) in [5, 5.41) is 5.60. The van der Waals surface area contributed by atoms with Crippen LogP contribution >= 0.6 is 0 Å². The highest BCUT2D eigenvalue weighted by Crippen LogP contribution is 2.23. The zero-order chi connectivity index (χ0) is 18.0. The molecule has 2 heterocycles. The molecule has 3 rings (SSSR count). The maximum atomic E-state index is 13.7. The van der Waals surface area contributed by atoms with E-state index in [9.17, 15) is 22.8 Å². The third-order valence-electron chi connectivity index (χ3n) is 4.60. The second-order valence-corrected chi connectivity index (χ2v) is 6.39. The van der Waals surface area contributed by atoms with Gasteiger partial charge in [0, 0.05) is 24.7 Å². The van der Waals surface area contributed by atoms with Gasteiger partial charge in [0.15, 0.2) is 11.6 Å². The summed E-state index contributed by atoms with van der Waals surface area (Å²) < 4.78 is 45.5. The number of amides is 2. The second-order valence-electron chi connectivity index (χ2n) is 6.39. The standard InChI is InChI=1S/C17H19F3N2O3/c18-10-8-12(20)11(19)6-9(10)7-16(24)21-13-3-4-15(23)22-17(13)14-2-1-5-25-14/h6,8,13-14,17H,1-5,7H2,(H,21,24)(H,22,23)/t13-,14?,17-/m0/s1. The first kappa shape index (κ1) is 17.7. The van der Waals surface area contributed by atoms with Crippen LogP contribution in [0.1, 0.15) is 31.2 Å². The lowest BCUT2D eigenvalue weighted by Gasteiger charge is -2.36. The van der Waals surface area contributed by atoms with E-state index in [0.717, 1.165) is 12.8 Å². The molecule has 8 heteroatoms. The van der Waals surface area contributed by atoms with Crippen molar-refractivity contribution >= 4 is 11.8 Å². The summed E-state index contributed by atoms with van der Waals surface area (Å²) in [6.45, 7) is 0.609. The SMILES string of the molecule is O=C(Cc1cc(F)c(F)cc1F)N[C@H]1CCC(=O)N[C@@H]1C1CCCO1. The number of piperidine rings is 1. The van der Waals surface area contributed by atoms with Crippen molar-refractivity contribution in [3.8, 4) is 0 Å². The van der Waals surface area contributed by atoms with Gasteiger partial charge in [-0.05, 0) is 25.3 Å². The molecule has 2 fully saturated rings. The fourth-order valence-electron chi connectivity index (χ4n) is 3.35. The molecule has 3 atom stereocenters. The lowest BCUT2D eigenvalue weighted by molar-refractivity contribution is -0.128. The topological polar surface area (TPSA) is 67.4 Å². The molecule has 2 amide bonds. The van der Waals surface area contributed by atoms with Crippen molar-refractivity contribution in [2.75, 3.05) is 6.61 Å². The first-order valence-electron chi connectivity index (χ1n) is 8.28. The third kappa shape index (κ3) is 4.12. The molecule has 2 aliphatic heterocycles. The average Bonchev–Trinajstić information content (AvgIpc) is 3.08. The lowest BCUT2D eigenvalue weighted by atomic mass is 9.92. The van der Waals surface area contributed by atoms with Crippen molar-refractivity contribution < 1.29 is 27.5 Å². The Morgan fingerprint density at radius 3 is 2.68 bits per heavy atom. The minimum atomic E-state index is -1.30. The number of hydrogen-bond acceptors (Lipinski definition) is 3. The van der Waals surface area contributed by atoms with E-state index < -0.39 is 29.8 Å². The van der Waals surface area contributed by atoms with Gasteiger partial charge in [-0.2, -0.15) is 0 Å². The van der Waals surface area contributed by atoms with Crippen LogP contribution in [-0.2, 0) is 20.7 Å². The van der Waals surface area contributed by atoms with Crippen molar-refractivity contribution in [1.82, 2.24) is 10.6 Å². The highest BCUT2D eigenvalue weighted by atomic mass is 19.2. The number of carbonyl (C=O) groups excluding carboxylic acids is 2. The van der Waals surface area contributed by atoms with Crippen molar-refractivity contribution in [2.24, 2.45) is 0 Å². The Labute approximate surface area is 142 Å². The highest BCUT2D eigenvalue weighted by molar-refractivity contribution is 5.81. The van der Waals surface area contributed by atoms with E-state index in [0.29, 0.717) is 25.2 Å². The monoisotopic (exact) mass is 356 g/mol. The van der Waals surface area contributed by atoms with Gasteiger partial charge in [-0.1, -0.05) is 0 Å². The molecule has 1 unspecified atom stereocenters. The van der Waals surface area contributed by atoms with Crippen LogP contribution in [0.15, 0.2) is 12.1 Å². The van der Waals surface area contributed by atoms with Gasteiger partial charge in [-0.25, -0.2) is 13.2 Å². The van der Waals surface area contributed by atoms with Crippen LogP contribution in [0.2, 0.25) is 0 Å². The smallest absolute Gasteiger partial charge is 0.224 e. The van der Waals surface area contributed by atoms with Crippen LogP contribution in [0.3, 0.4) is 0 Å². The van der Waals surface area contributed by atoms with Crippen LogP contribution in [0.25, 0.3) is 0 Å². The van der Waals surface area contributed by atoms with Crippen LogP contribution in [0.5, 0.6) is 0 Å². The van der Waals surface area contributed by atoms with Gasteiger partial charge in [0.2, 0.25) is 11.8 Å². The first-order valence-corrected chi connectivity index (χ1v) is 8.28. The van der Waals surface area contributed by atoms with Gasteiger partial charge < -0.3 is 15.4 Å². The number of nitrogens with one attached hydrogen (secondary N) is 2. The van der Waals surface area contributed by atoms with Gasteiger partial charge in [-0.15, -0.1) is 0 Å². The minimum Gasteiger partial charge on any atom is -0.376 e. The molecule has 5 nitrogen and oxygen atoms in total. The molecule has 2 saturated heterocycles. The molecule has 25 heavy (non-hydrogen) atoms. The summed E-state index contributed by atoms with van der Waals surface area (Å²) in [5.74, 6) is -4.09. The van der Waals surface area contributed by atoms with Crippen LogP contribution in [-0.4, -0.2) is 36.6 Å². The Morgan fingerprint density at radius 1 is 1.20 bits per heavy atom. The lowest BCUT2D eigenvalue weighted by Crippen LogP contribution is -2.60. The fraction of sp³-hybridized carbons (Fsp3) is 0.529. The van der Waals surface area contributed by atoms with E-state index in [-0.39, 0.29) is 36.1 Å². The maximum Gasteiger partial charge on any atom is 0.224 e. The molecular weight excluding hydrogens is 337 g/mol. The van der Waals surface area contributed by atoms with Crippen molar-refractivity contribution in [1.29, 1.82) is 0 Å². The molecule has 0 saturated carbocycles. The molecule has 0 spiro atoms.